The molecule has 7 heteroatoms. The molecule has 0 bridgehead atoms. The molecule has 19 heavy (non-hydrogen) atoms. The standard InChI is InChI=1S/C12H11Cl2NO3S/c13-8-3-7(4-9(14)5-8)10(16)15-12(11(17)18)1-2-19-6-12/h3-5H,1-2,6H2,(H,15,16)(H,17,18). The third kappa shape index (κ3) is 3.16. The molecule has 4 nitrogen and oxygen atoms in total. The molecule has 102 valence electrons. The quantitative estimate of drug-likeness (QED) is 0.899. The number of carboxylic acids is 1. The zero-order valence-electron chi connectivity index (χ0n) is 9.78. The van der Waals surface area contributed by atoms with E-state index in [4.69, 9.17) is 23.2 Å². The number of hydrogen-bond donors (Lipinski definition) is 2. The van der Waals surface area contributed by atoms with Crippen LogP contribution in [0.25, 0.3) is 0 Å². The Morgan fingerprint density at radius 3 is 2.37 bits per heavy atom. The van der Waals surface area contributed by atoms with Crippen molar-refractivity contribution < 1.29 is 14.7 Å². The molecule has 1 fully saturated rings. The molecule has 1 aliphatic heterocycles. The Bertz CT molecular complexity index is 509. The van der Waals surface area contributed by atoms with Gasteiger partial charge in [-0.2, -0.15) is 11.8 Å². The lowest BCUT2D eigenvalue weighted by Gasteiger charge is -2.24. The van der Waals surface area contributed by atoms with Gasteiger partial charge in [0.25, 0.3) is 5.91 Å². The zero-order chi connectivity index (χ0) is 14.0. The highest BCUT2D eigenvalue weighted by molar-refractivity contribution is 7.99. The number of carboxylic acid groups (broad SMARTS) is 1. The highest BCUT2D eigenvalue weighted by Crippen LogP contribution is 2.29. The molecule has 0 aromatic heterocycles. The lowest BCUT2D eigenvalue weighted by molar-refractivity contribution is -0.143. The summed E-state index contributed by atoms with van der Waals surface area (Å²) in [4.78, 5) is 23.5. The van der Waals surface area contributed by atoms with Crippen LogP contribution in [0.2, 0.25) is 10.0 Å². The fourth-order valence-electron chi connectivity index (χ4n) is 1.86. The third-order valence-electron chi connectivity index (χ3n) is 2.91. The van der Waals surface area contributed by atoms with Gasteiger partial charge in [-0.15, -0.1) is 0 Å². The van der Waals surface area contributed by atoms with Gasteiger partial charge < -0.3 is 10.4 Å². The first-order valence-electron chi connectivity index (χ1n) is 5.53. The first kappa shape index (κ1) is 14.5. The van der Waals surface area contributed by atoms with Gasteiger partial charge in [-0.25, -0.2) is 4.79 Å². The minimum atomic E-state index is -1.20. The van der Waals surface area contributed by atoms with Crippen LogP contribution in [0.15, 0.2) is 18.2 Å². The number of thioether (sulfide) groups is 1. The Morgan fingerprint density at radius 2 is 1.89 bits per heavy atom. The molecule has 0 spiro atoms. The number of carbonyl (C=O) groups excluding carboxylic acids is 1. The molecule has 0 radical (unpaired) electrons. The van der Waals surface area contributed by atoms with E-state index in [-0.39, 0.29) is 5.56 Å². The van der Waals surface area contributed by atoms with Crippen molar-refractivity contribution in [2.24, 2.45) is 0 Å². The third-order valence-corrected chi connectivity index (χ3v) is 4.53. The van der Waals surface area contributed by atoms with E-state index in [2.05, 4.69) is 5.32 Å². The summed E-state index contributed by atoms with van der Waals surface area (Å²) in [5, 5.41) is 12.5. The average Bonchev–Trinajstić information content (AvgIpc) is 2.77. The van der Waals surface area contributed by atoms with Gasteiger partial charge in [0.05, 0.1) is 0 Å². The van der Waals surface area contributed by atoms with E-state index in [0.29, 0.717) is 28.0 Å². The van der Waals surface area contributed by atoms with Gasteiger partial charge in [0.15, 0.2) is 0 Å². The Labute approximate surface area is 124 Å². The molecule has 2 N–H and O–H groups in total. The van der Waals surface area contributed by atoms with Crippen molar-refractivity contribution in [3.05, 3.63) is 33.8 Å². The molecule has 2 rings (SSSR count). The highest BCUT2D eigenvalue weighted by atomic mass is 35.5. The molecule has 0 aliphatic carbocycles. The van der Waals surface area contributed by atoms with Crippen molar-refractivity contribution in [2.75, 3.05) is 11.5 Å². The van der Waals surface area contributed by atoms with E-state index in [1.165, 1.54) is 30.0 Å². The summed E-state index contributed by atoms with van der Waals surface area (Å²) in [5.74, 6) is -0.418. The smallest absolute Gasteiger partial charge is 0.330 e. The summed E-state index contributed by atoms with van der Waals surface area (Å²) >= 11 is 13.2. The van der Waals surface area contributed by atoms with Crippen LogP contribution in [-0.4, -0.2) is 34.0 Å². The normalized spacial score (nSPS) is 22.2. The second kappa shape index (κ2) is 5.61. The second-order valence-corrected chi connectivity index (χ2v) is 6.28. The van der Waals surface area contributed by atoms with Gasteiger partial charge in [-0.3, -0.25) is 4.79 Å². The van der Waals surface area contributed by atoms with Gasteiger partial charge in [0, 0.05) is 21.4 Å². The van der Waals surface area contributed by atoms with Crippen LogP contribution >= 0.6 is 35.0 Å². The molecule has 1 amide bonds. The summed E-state index contributed by atoms with van der Waals surface area (Å²) in [6, 6.07) is 4.43. The Kier molecular flexibility index (Phi) is 4.28. The lowest BCUT2D eigenvalue weighted by atomic mass is 9.98. The summed E-state index contributed by atoms with van der Waals surface area (Å²) in [7, 11) is 0. The zero-order valence-corrected chi connectivity index (χ0v) is 12.1. The van der Waals surface area contributed by atoms with Crippen LogP contribution in [0.3, 0.4) is 0 Å². The molecular weight excluding hydrogens is 309 g/mol. The van der Waals surface area contributed by atoms with Gasteiger partial charge >= 0.3 is 5.97 Å². The predicted octanol–water partition coefficient (Wildman–Crippen LogP) is 2.68. The largest absolute Gasteiger partial charge is 0.479 e. The summed E-state index contributed by atoms with van der Waals surface area (Å²) in [6.45, 7) is 0. The van der Waals surface area contributed by atoms with Gasteiger partial charge in [0.2, 0.25) is 0 Å². The summed E-state index contributed by atoms with van der Waals surface area (Å²) < 4.78 is 0. The maximum absolute atomic E-state index is 12.1. The maximum Gasteiger partial charge on any atom is 0.330 e. The predicted molar refractivity (Wildman–Crippen MR) is 76.2 cm³/mol. The van der Waals surface area contributed by atoms with E-state index in [1.54, 1.807) is 0 Å². The van der Waals surface area contributed by atoms with Crippen LogP contribution in [0.4, 0.5) is 0 Å². The number of benzene rings is 1. The van der Waals surface area contributed by atoms with Crippen molar-refractivity contribution in [3.8, 4) is 0 Å². The molecule has 1 atom stereocenters. The average molecular weight is 320 g/mol. The first-order valence-corrected chi connectivity index (χ1v) is 7.44. The van der Waals surface area contributed by atoms with Crippen molar-refractivity contribution in [1.82, 2.24) is 5.32 Å². The van der Waals surface area contributed by atoms with Crippen molar-refractivity contribution >= 4 is 46.8 Å². The second-order valence-electron chi connectivity index (χ2n) is 4.30. The van der Waals surface area contributed by atoms with Crippen LogP contribution in [-0.2, 0) is 4.79 Å². The van der Waals surface area contributed by atoms with E-state index < -0.39 is 17.4 Å². The number of hydrogen-bond acceptors (Lipinski definition) is 3. The van der Waals surface area contributed by atoms with Gasteiger partial charge in [-0.05, 0) is 30.4 Å². The van der Waals surface area contributed by atoms with E-state index in [1.807, 2.05) is 0 Å². The summed E-state index contributed by atoms with van der Waals surface area (Å²) in [6.07, 6.45) is 0.410. The molecule has 1 aromatic rings. The Balaban J connectivity index is 2.22. The maximum atomic E-state index is 12.1. The highest BCUT2D eigenvalue weighted by Gasteiger charge is 2.43. The molecular formula is C12H11Cl2NO3S. The Hall–Kier alpha value is -0.910. The minimum absolute atomic E-state index is 0.259. The van der Waals surface area contributed by atoms with Crippen molar-refractivity contribution in [2.45, 2.75) is 12.0 Å². The van der Waals surface area contributed by atoms with E-state index in [9.17, 15) is 14.7 Å². The minimum Gasteiger partial charge on any atom is -0.479 e. The van der Waals surface area contributed by atoms with Crippen LogP contribution in [0.5, 0.6) is 0 Å². The monoisotopic (exact) mass is 319 g/mol. The molecule has 1 aromatic carbocycles. The lowest BCUT2D eigenvalue weighted by Crippen LogP contribution is -2.54. The number of amides is 1. The Morgan fingerprint density at radius 1 is 1.26 bits per heavy atom. The first-order chi connectivity index (χ1) is 8.93. The van der Waals surface area contributed by atoms with E-state index in [0.717, 1.165) is 0 Å². The number of rotatable bonds is 3. The number of carbonyl (C=O) groups is 2. The molecule has 0 saturated carbocycles. The van der Waals surface area contributed by atoms with Gasteiger partial charge in [0.1, 0.15) is 5.54 Å². The van der Waals surface area contributed by atoms with Crippen LogP contribution in [0, 0.1) is 0 Å². The number of nitrogens with one attached hydrogen (secondary N) is 1. The van der Waals surface area contributed by atoms with Crippen LogP contribution in [0.1, 0.15) is 16.8 Å². The fraction of sp³-hybridized carbons (Fsp3) is 0.333. The molecule has 1 aliphatic rings. The fourth-order valence-corrected chi connectivity index (χ4v) is 3.71. The SMILES string of the molecule is O=C(NC1(C(=O)O)CCSC1)c1cc(Cl)cc(Cl)c1. The molecule has 1 heterocycles. The van der Waals surface area contributed by atoms with Crippen molar-refractivity contribution in [1.29, 1.82) is 0 Å². The van der Waals surface area contributed by atoms with Crippen molar-refractivity contribution in [3.63, 3.8) is 0 Å². The topological polar surface area (TPSA) is 66.4 Å². The summed E-state index contributed by atoms with van der Waals surface area (Å²) in [5.41, 5.74) is -0.939. The molecule has 1 unspecified atom stereocenters. The number of halogens is 2. The number of aliphatic carboxylic acids is 1. The van der Waals surface area contributed by atoms with Crippen LogP contribution < -0.4 is 5.32 Å². The van der Waals surface area contributed by atoms with Gasteiger partial charge in [-0.1, -0.05) is 23.2 Å². The van der Waals surface area contributed by atoms with E-state index >= 15 is 0 Å². The molecule has 1 saturated heterocycles.